The molecular weight excluding hydrogens is 375 g/mol. The van der Waals surface area contributed by atoms with Gasteiger partial charge in [-0.15, -0.1) is 0 Å². The second-order valence-corrected chi connectivity index (χ2v) is 4.87. The molecule has 0 saturated heterocycles. The number of anilines is 1. The van der Waals surface area contributed by atoms with E-state index in [1.807, 2.05) is 28.7 Å². The van der Waals surface area contributed by atoms with E-state index in [1.54, 1.807) is 6.07 Å². The molecule has 100 valence electrons. The van der Waals surface area contributed by atoms with Crippen LogP contribution in [0.3, 0.4) is 0 Å². The lowest BCUT2D eigenvalue weighted by Crippen LogP contribution is -1.98. The summed E-state index contributed by atoms with van der Waals surface area (Å²) in [7, 11) is 0. The highest BCUT2D eigenvalue weighted by molar-refractivity contribution is 14.1. The fraction of sp³-hybridized carbons (Fsp3) is 0. The van der Waals surface area contributed by atoms with Crippen LogP contribution in [0.4, 0.5) is 11.4 Å². The largest absolute Gasteiger partial charge is 0.431 e. The molecule has 1 heterocycles. The standard InChI is InChI=1S/C12H7IN4O3/c13-9-3-7(6-14)4-10(17(18)19)12(9)20-11-5-8(15)1-2-16-11/h1-5H,(H2,15,16). The number of aromatic nitrogens is 1. The highest BCUT2D eigenvalue weighted by Crippen LogP contribution is 2.36. The average Bonchev–Trinajstić information content (AvgIpc) is 2.40. The molecule has 8 heteroatoms. The number of benzene rings is 1. The van der Waals surface area contributed by atoms with Gasteiger partial charge in [0.15, 0.2) is 0 Å². The first kappa shape index (κ1) is 14.0. The molecule has 2 N–H and O–H groups in total. The second-order valence-electron chi connectivity index (χ2n) is 3.70. The monoisotopic (exact) mass is 382 g/mol. The van der Waals surface area contributed by atoms with Crippen LogP contribution in [0.25, 0.3) is 0 Å². The molecule has 0 unspecified atom stereocenters. The number of halogens is 1. The lowest BCUT2D eigenvalue weighted by Gasteiger charge is -2.08. The molecule has 0 bridgehead atoms. The minimum Gasteiger partial charge on any atom is -0.431 e. The number of hydrogen-bond acceptors (Lipinski definition) is 6. The minimum absolute atomic E-state index is 0.0349. The normalized spacial score (nSPS) is 9.80. The van der Waals surface area contributed by atoms with Gasteiger partial charge in [-0.05, 0) is 34.7 Å². The van der Waals surface area contributed by atoms with Crippen LogP contribution in [0, 0.1) is 25.0 Å². The molecule has 0 aliphatic heterocycles. The summed E-state index contributed by atoms with van der Waals surface area (Å²) in [6, 6.07) is 7.55. The van der Waals surface area contributed by atoms with E-state index in [0.29, 0.717) is 9.26 Å². The number of rotatable bonds is 3. The molecule has 0 amide bonds. The Morgan fingerprint density at radius 2 is 2.20 bits per heavy atom. The van der Waals surface area contributed by atoms with Crippen LogP contribution in [0.2, 0.25) is 0 Å². The van der Waals surface area contributed by atoms with Crippen LogP contribution in [0.5, 0.6) is 11.6 Å². The summed E-state index contributed by atoms with van der Waals surface area (Å²) in [4.78, 5) is 14.4. The molecule has 1 aromatic heterocycles. The van der Waals surface area contributed by atoms with E-state index in [1.165, 1.54) is 18.3 Å². The van der Waals surface area contributed by atoms with Gasteiger partial charge in [0.05, 0.1) is 20.1 Å². The van der Waals surface area contributed by atoms with Gasteiger partial charge in [0.1, 0.15) is 0 Å². The first-order valence-electron chi connectivity index (χ1n) is 5.28. The fourth-order valence-electron chi connectivity index (χ4n) is 1.47. The number of nitriles is 1. The van der Waals surface area contributed by atoms with Crippen molar-refractivity contribution >= 4 is 34.0 Å². The molecule has 0 spiro atoms. The van der Waals surface area contributed by atoms with Gasteiger partial charge in [-0.2, -0.15) is 5.26 Å². The van der Waals surface area contributed by atoms with Gasteiger partial charge in [-0.25, -0.2) is 4.98 Å². The third-order valence-electron chi connectivity index (χ3n) is 2.32. The molecule has 2 rings (SSSR count). The summed E-state index contributed by atoms with van der Waals surface area (Å²) in [5, 5.41) is 19.9. The number of pyridine rings is 1. The Kier molecular flexibility index (Phi) is 3.99. The van der Waals surface area contributed by atoms with Crippen LogP contribution in [0.1, 0.15) is 5.56 Å². The first-order chi connectivity index (χ1) is 9.51. The Bertz CT molecular complexity index is 727. The Morgan fingerprint density at radius 1 is 1.45 bits per heavy atom. The lowest BCUT2D eigenvalue weighted by atomic mass is 10.2. The topological polar surface area (TPSA) is 115 Å². The number of nitrogens with zero attached hydrogens (tertiary/aromatic N) is 3. The first-order valence-corrected chi connectivity index (χ1v) is 6.36. The number of ether oxygens (including phenoxy) is 1. The van der Waals surface area contributed by atoms with E-state index < -0.39 is 4.92 Å². The Labute approximate surface area is 127 Å². The van der Waals surface area contributed by atoms with E-state index in [9.17, 15) is 10.1 Å². The SMILES string of the molecule is N#Cc1cc(I)c(Oc2cc(N)ccn2)c([N+](=O)[O-])c1. The molecule has 7 nitrogen and oxygen atoms in total. The highest BCUT2D eigenvalue weighted by atomic mass is 127. The Hall–Kier alpha value is -2.41. The van der Waals surface area contributed by atoms with Gasteiger partial charge in [0, 0.05) is 24.0 Å². The van der Waals surface area contributed by atoms with Gasteiger partial charge >= 0.3 is 5.69 Å². The third kappa shape index (κ3) is 2.94. The number of nitrogen functional groups attached to an aromatic ring is 1. The third-order valence-corrected chi connectivity index (χ3v) is 3.12. The van der Waals surface area contributed by atoms with Crippen molar-refractivity contribution in [1.29, 1.82) is 5.26 Å². The van der Waals surface area contributed by atoms with E-state index in [-0.39, 0.29) is 22.9 Å². The van der Waals surface area contributed by atoms with Crippen molar-refractivity contribution in [1.82, 2.24) is 4.98 Å². The van der Waals surface area contributed by atoms with Gasteiger partial charge in [-0.1, -0.05) is 0 Å². The summed E-state index contributed by atoms with van der Waals surface area (Å²) >= 11 is 1.86. The molecule has 0 atom stereocenters. The van der Waals surface area contributed by atoms with Crippen LogP contribution >= 0.6 is 22.6 Å². The Morgan fingerprint density at radius 3 is 2.80 bits per heavy atom. The maximum Gasteiger partial charge on any atom is 0.314 e. The molecule has 0 aliphatic rings. The number of nitro groups is 1. The van der Waals surface area contributed by atoms with Gasteiger partial charge in [0.25, 0.3) is 0 Å². The highest BCUT2D eigenvalue weighted by Gasteiger charge is 2.21. The zero-order chi connectivity index (χ0) is 14.7. The van der Waals surface area contributed by atoms with E-state index in [4.69, 9.17) is 15.7 Å². The van der Waals surface area contributed by atoms with Crippen LogP contribution in [0.15, 0.2) is 30.5 Å². The van der Waals surface area contributed by atoms with E-state index >= 15 is 0 Å². The number of nitro benzene ring substituents is 1. The molecule has 0 saturated carbocycles. The van der Waals surface area contributed by atoms with Crippen LogP contribution < -0.4 is 10.5 Å². The zero-order valence-corrected chi connectivity index (χ0v) is 12.1. The molecule has 1 aromatic carbocycles. The minimum atomic E-state index is -0.607. The average molecular weight is 382 g/mol. The van der Waals surface area contributed by atoms with Crippen molar-refractivity contribution in [3.63, 3.8) is 0 Å². The van der Waals surface area contributed by atoms with Crippen LogP contribution in [-0.2, 0) is 0 Å². The van der Waals surface area contributed by atoms with Crippen LogP contribution in [-0.4, -0.2) is 9.91 Å². The van der Waals surface area contributed by atoms with Crippen molar-refractivity contribution in [2.45, 2.75) is 0 Å². The smallest absolute Gasteiger partial charge is 0.314 e. The summed E-state index contributed by atoms with van der Waals surface area (Å²) in [5.74, 6) is 0.184. The Balaban J connectivity index is 2.51. The van der Waals surface area contributed by atoms with E-state index in [2.05, 4.69) is 4.98 Å². The molecule has 2 aromatic rings. The van der Waals surface area contributed by atoms with Crippen molar-refractivity contribution in [2.24, 2.45) is 0 Å². The fourth-order valence-corrected chi connectivity index (χ4v) is 2.19. The summed E-state index contributed by atoms with van der Waals surface area (Å²) < 4.78 is 5.87. The maximum absolute atomic E-state index is 11.1. The van der Waals surface area contributed by atoms with Crippen molar-refractivity contribution in [2.75, 3.05) is 5.73 Å². The molecule has 0 aliphatic carbocycles. The van der Waals surface area contributed by atoms with Gasteiger partial charge < -0.3 is 10.5 Å². The maximum atomic E-state index is 11.1. The number of nitrogens with two attached hydrogens (primary N) is 1. The molecule has 20 heavy (non-hydrogen) atoms. The molecule has 0 fully saturated rings. The quantitative estimate of drug-likeness (QED) is 0.496. The molecule has 0 radical (unpaired) electrons. The predicted molar refractivity (Wildman–Crippen MR) is 79.3 cm³/mol. The number of hydrogen-bond donors (Lipinski definition) is 1. The molecular formula is C12H7IN4O3. The summed E-state index contributed by atoms with van der Waals surface area (Å²) in [6.07, 6.45) is 1.44. The van der Waals surface area contributed by atoms with Crippen molar-refractivity contribution in [3.05, 3.63) is 49.7 Å². The second kappa shape index (κ2) is 5.70. The summed E-state index contributed by atoms with van der Waals surface area (Å²) in [6.45, 7) is 0. The van der Waals surface area contributed by atoms with Gasteiger partial charge in [0.2, 0.25) is 11.6 Å². The predicted octanol–water partition coefficient (Wildman–Crippen LogP) is 2.84. The van der Waals surface area contributed by atoms with Gasteiger partial charge in [-0.3, -0.25) is 10.1 Å². The zero-order valence-electron chi connectivity index (χ0n) is 9.91. The van der Waals surface area contributed by atoms with Crippen molar-refractivity contribution in [3.8, 4) is 17.7 Å². The van der Waals surface area contributed by atoms with Crippen molar-refractivity contribution < 1.29 is 9.66 Å². The summed E-state index contributed by atoms with van der Waals surface area (Å²) in [5.41, 5.74) is 5.92. The lowest BCUT2D eigenvalue weighted by molar-refractivity contribution is -0.385. The van der Waals surface area contributed by atoms with E-state index in [0.717, 1.165) is 6.07 Å².